The van der Waals surface area contributed by atoms with Crippen molar-refractivity contribution in [1.82, 2.24) is 4.98 Å². The van der Waals surface area contributed by atoms with Crippen molar-refractivity contribution < 1.29 is 14.6 Å². The Kier molecular flexibility index (Phi) is 3.51. The average molecular weight is 279 g/mol. The van der Waals surface area contributed by atoms with Crippen LogP contribution in [0.15, 0.2) is 60.7 Å². The molecule has 0 saturated heterocycles. The van der Waals surface area contributed by atoms with E-state index in [1.54, 1.807) is 24.3 Å². The number of pyridine rings is 1. The molecule has 0 bridgehead atoms. The standard InChI is InChI=1S/C17H13NO3/c19-17(20)14-7-5-12(6-8-14)11-21-16-10-9-13-3-1-2-4-15(13)18-16/h1-10H,11H2,(H,19,20). The molecule has 104 valence electrons. The summed E-state index contributed by atoms with van der Waals surface area (Å²) < 4.78 is 5.64. The first-order valence-corrected chi connectivity index (χ1v) is 6.53. The van der Waals surface area contributed by atoms with Crippen LogP contribution in [0.1, 0.15) is 15.9 Å². The quantitative estimate of drug-likeness (QED) is 0.794. The van der Waals surface area contributed by atoms with E-state index < -0.39 is 5.97 Å². The monoisotopic (exact) mass is 279 g/mol. The first kappa shape index (κ1) is 13.1. The molecule has 3 rings (SSSR count). The van der Waals surface area contributed by atoms with Gasteiger partial charge >= 0.3 is 5.97 Å². The predicted octanol–water partition coefficient (Wildman–Crippen LogP) is 3.51. The number of aromatic nitrogens is 1. The molecule has 1 N–H and O–H groups in total. The summed E-state index contributed by atoms with van der Waals surface area (Å²) in [5.74, 6) is -0.380. The zero-order valence-electron chi connectivity index (χ0n) is 11.2. The fourth-order valence-corrected chi connectivity index (χ4v) is 2.03. The van der Waals surface area contributed by atoms with E-state index >= 15 is 0 Å². The molecule has 1 aromatic heterocycles. The molecule has 0 fully saturated rings. The molecule has 0 unspecified atom stereocenters. The zero-order chi connectivity index (χ0) is 14.7. The number of ether oxygens (including phenoxy) is 1. The van der Waals surface area contributed by atoms with E-state index in [1.165, 1.54) is 0 Å². The number of fused-ring (bicyclic) bond motifs is 1. The Bertz CT molecular complexity index is 781. The minimum Gasteiger partial charge on any atom is -0.478 e. The molecule has 0 aliphatic heterocycles. The summed E-state index contributed by atoms with van der Waals surface area (Å²) >= 11 is 0. The lowest BCUT2D eigenvalue weighted by Gasteiger charge is -2.06. The van der Waals surface area contributed by atoms with Crippen molar-refractivity contribution in [2.24, 2.45) is 0 Å². The number of hydrogen-bond acceptors (Lipinski definition) is 3. The van der Waals surface area contributed by atoms with Gasteiger partial charge in [-0.2, -0.15) is 0 Å². The molecule has 0 atom stereocenters. The van der Waals surface area contributed by atoms with Gasteiger partial charge < -0.3 is 9.84 Å². The SMILES string of the molecule is O=C(O)c1ccc(COc2ccc3ccccc3n2)cc1. The molecule has 4 heteroatoms. The van der Waals surface area contributed by atoms with Crippen molar-refractivity contribution in [3.05, 3.63) is 71.8 Å². The average Bonchev–Trinajstić information content (AvgIpc) is 2.53. The van der Waals surface area contributed by atoms with E-state index in [-0.39, 0.29) is 5.56 Å². The molecule has 0 radical (unpaired) electrons. The molecule has 2 aromatic carbocycles. The van der Waals surface area contributed by atoms with Crippen molar-refractivity contribution in [2.45, 2.75) is 6.61 Å². The minimum atomic E-state index is -0.932. The maximum atomic E-state index is 10.8. The number of nitrogens with zero attached hydrogens (tertiary/aromatic N) is 1. The van der Waals surface area contributed by atoms with Crippen LogP contribution in [0, 0.1) is 0 Å². The van der Waals surface area contributed by atoms with Gasteiger partial charge in [0.2, 0.25) is 5.88 Å². The molecule has 1 heterocycles. The van der Waals surface area contributed by atoms with Crippen LogP contribution < -0.4 is 4.74 Å². The normalized spacial score (nSPS) is 10.5. The molecule has 3 aromatic rings. The Balaban J connectivity index is 1.72. The van der Waals surface area contributed by atoms with Gasteiger partial charge in [0.05, 0.1) is 11.1 Å². The molecule has 0 aliphatic carbocycles. The number of carbonyl (C=O) groups is 1. The van der Waals surface area contributed by atoms with E-state index in [0.29, 0.717) is 12.5 Å². The summed E-state index contributed by atoms with van der Waals surface area (Å²) in [5, 5.41) is 9.91. The van der Waals surface area contributed by atoms with Crippen molar-refractivity contribution in [3.63, 3.8) is 0 Å². The predicted molar refractivity (Wildman–Crippen MR) is 79.5 cm³/mol. The van der Waals surface area contributed by atoms with Gasteiger partial charge in [-0.25, -0.2) is 9.78 Å². The van der Waals surface area contributed by atoms with Crippen LogP contribution in [0.4, 0.5) is 0 Å². The van der Waals surface area contributed by atoms with Crippen LogP contribution >= 0.6 is 0 Å². The fourth-order valence-electron chi connectivity index (χ4n) is 2.03. The Hall–Kier alpha value is -2.88. The second-order valence-electron chi connectivity index (χ2n) is 4.63. The van der Waals surface area contributed by atoms with Crippen LogP contribution in [0.5, 0.6) is 5.88 Å². The number of benzene rings is 2. The summed E-state index contributed by atoms with van der Waals surface area (Å²) in [5.41, 5.74) is 2.05. The van der Waals surface area contributed by atoms with Crippen LogP contribution in [-0.4, -0.2) is 16.1 Å². The lowest BCUT2D eigenvalue weighted by Crippen LogP contribution is -1.99. The number of para-hydroxylation sites is 1. The van der Waals surface area contributed by atoms with Crippen molar-refractivity contribution in [2.75, 3.05) is 0 Å². The van der Waals surface area contributed by atoms with Gasteiger partial charge in [-0.15, -0.1) is 0 Å². The second kappa shape index (κ2) is 5.63. The van der Waals surface area contributed by atoms with Crippen molar-refractivity contribution >= 4 is 16.9 Å². The summed E-state index contributed by atoms with van der Waals surface area (Å²) in [6.07, 6.45) is 0. The Morgan fingerprint density at radius 2 is 1.76 bits per heavy atom. The van der Waals surface area contributed by atoms with Crippen molar-refractivity contribution in [1.29, 1.82) is 0 Å². The lowest BCUT2D eigenvalue weighted by molar-refractivity contribution is 0.0697. The number of rotatable bonds is 4. The number of carboxylic acid groups (broad SMARTS) is 1. The second-order valence-corrected chi connectivity index (χ2v) is 4.63. The lowest BCUT2D eigenvalue weighted by atomic mass is 10.1. The highest BCUT2D eigenvalue weighted by Gasteiger charge is 2.03. The zero-order valence-corrected chi connectivity index (χ0v) is 11.2. The molecule has 21 heavy (non-hydrogen) atoms. The summed E-state index contributed by atoms with van der Waals surface area (Å²) in [6, 6.07) is 18.2. The van der Waals surface area contributed by atoms with Crippen LogP contribution in [-0.2, 0) is 6.61 Å². The highest BCUT2D eigenvalue weighted by atomic mass is 16.5. The first-order chi connectivity index (χ1) is 10.2. The van der Waals surface area contributed by atoms with Crippen molar-refractivity contribution in [3.8, 4) is 5.88 Å². The van der Waals surface area contributed by atoms with E-state index in [1.807, 2.05) is 36.4 Å². The summed E-state index contributed by atoms with van der Waals surface area (Å²) in [6.45, 7) is 0.352. The van der Waals surface area contributed by atoms with Gasteiger partial charge in [-0.3, -0.25) is 0 Å². The molecular formula is C17H13NO3. The summed E-state index contributed by atoms with van der Waals surface area (Å²) in [7, 11) is 0. The van der Waals surface area contributed by atoms with E-state index in [4.69, 9.17) is 9.84 Å². The largest absolute Gasteiger partial charge is 0.478 e. The van der Waals surface area contributed by atoms with Crippen LogP contribution in [0.3, 0.4) is 0 Å². The van der Waals surface area contributed by atoms with E-state index in [0.717, 1.165) is 16.5 Å². The molecule has 0 spiro atoms. The smallest absolute Gasteiger partial charge is 0.335 e. The highest BCUT2D eigenvalue weighted by Crippen LogP contribution is 2.17. The van der Waals surface area contributed by atoms with Gasteiger partial charge in [0.1, 0.15) is 6.61 Å². The van der Waals surface area contributed by atoms with E-state index in [2.05, 4.69) is 4.98 Å². The third-order valence-electron chi connectivity index (χ3n) is 3.16. The number of carboxylic acids is 1. The molecule has 4 nitrogen and oxygen atoms in total. The molecule has 0 saturated carbocycles. The van der Waals surface area contributed by atoms with Gasteiger partial charge in [-0.05, 0) is 29.8 Å². The summed E-state index contributed by atoms with van der Waals surface area (Å²) in [4.78, 5) is 15.2. The van der Waals surface area contributed by atoms with Crippen LogP contribution in [0.2, 0.25) is 0 Å². The first-order valence-electron chi connectivity index (χ1n) is 6.53. The van der Waals surface area contributed by atoms with Gasteiger partial charge in [-0.1, -0.05) is 30.3 Å². The Morgan fingerprint density at radius 3 is 2.52 bits per heavy atom. The van der Waals surface area contributed by atoms with Gasteiger partial charge in [0.25, 0.3) is 0 Å². The van der Waals surface area contributed by atoms with Gasteiger partial charge in [0.15, 0.2) is 0 Å². The number of hydrogen-bond donors (Lipinski definition) is 1. The van der Waals surface area contributed by atoms with E-state index in [9.17, 15) is 4.79 Å². The highest BCUT2D eigenvalue weighted by molar-refractivity contribution is 5.87. The van der Waals surface area contributed by atoms with Gasteiger partial charge in [0, 0.05) is 11.5 Å². The minimum absolute atomic E-state index is 0.266. The maximum absolute atomic E-state index is 10.8. The molecule has 0 amide bonds. The third kappa shape index (κ3) is 3.00. The molecule has 0 aliphatic rings. The maximum Gasteiger partial charge on any atom is 0.335 e. The Labute approximate surface area is 121 Å². The van der Waals surface area contributed by atoms with Crippen LogP contribution in [0.25, 0.3) is 10.9 Å². The Morgan fingerprint density at radius 1 is 1.00 bits per heavy atom. The number of aromatic carboxylic acids is 1. The topological polar surface area (TPSA) is 59.4 Å². The third-order valence-corrected chi connectivity index (χ3v) is 3.16. The molecular weight excluding hydrogens is 266 g/mol. The fraction of sp³-hybridized carbons (Fsp3) is 0.0588.